The lowest BCUT2D eigenvalue weighted by atomic mass is 10.1. The fourth-order valence-electron chi connectivity index (χ4n) is 1.31. The van der Waals surface area contributed by atoms with Crippen molar-refractivity contribution < 1.29 is 0 Å². The van der Waals surface area contributed by atoms with Gasteiger partial charge in [-0.15, -0.1) is 0 Å². The van der Waals surface area contributed by atoms with Crippen LogP contribution in [0.25, 0.3) is 0 Å². The summed E-state index contributed by atoms with van der Waals surface area (Å²) in [6.45, 7) is 7.71. The molecular weight excluding hydrogens is 238 g/mol. The maximum atomic E-state index is 3.50. The van der Waals surface area contributed by atoms with E-state index in [1.165, 1.54) is 5.56 Å². The standard InChI is InChI=1S/C12H18BrN/c1-9(2)8-14-10(3)11-5-4-6-12(13)7-11/h4-7,9-10,14H,8H2,1-3H3/t10-/m1/s1. The van der Waals surface area contributed by atoms with Gasteiger partial charge >= 0.3 is 0 Å². The monoisotopic (exact) mass is 255 g/mol. The van der Waals surface area contributed by atoms with Crippen LogP contribution in [-0.2, 0) is 0 Å². The van der Waals surface area contributed by atoms with Crippen molar-refractivity contribution in [1.82, 2.24) is 5.32 Å². The van der Waals surface area contributed by atoms with E-state index in [2.05, 4.69) is 66.3 Å². The SMILES string of the molecule is CC(C)CN[C@H](C)c1cccc(Br)c1. The van der Waals surface area contributed by atoms with E-state index in [-0.39, 0.29) is 0 Å². The molecule has 0 aliphatic heterocycles. The Hall–Kier alpha value is -0.340. The fourth-order valence-corrected chi connectivity index (χ4v) is 1.72. The Bertz CT molecular complexity index is 283. The van der Waals surface area contributed by atoms with Crippen LogP contribution in [0, 0.1) is 5.92 Å². The predicted molar refractivity (Wildman–Crippen MR) is 65.4 cm³/mol. The molecular formula is C12H18BrN. The third-order valence-corrected chi connectivity index (χ3v) is 2.67. The van der Waals surface area contributed by atoms with Gasteiger partial charge < -0.3 is 5.32 Å². The van der Waals surface area contributed by atoms with Gasteiger partial charge in [0.25, 0.3) is 0 Å². The molecule has 0 fully saturated rings. The van der Waals surface area contributed by atoms with Crippen molar-refractivity contribution in [3.05, 3.63) is 34.3 Å². The maximum Gasteiger partial charge on any atom is 0.0292 e. The topological polar surface area (TPSA) is 12.0 Å². The lowest BCUT2D eigenvalue weighted by Crippen LogP contribution is -2.23. The molecule has 0 spiro atoms. The first-order valence-electron chi connectivity index (χ1n) is 5.08. The first-order valence-corrected chi connectivity index (χ1v) is 5.87. The van der Waals surface area contributed by atoms with E-state index in [0.717, 1.165) is 11.0 Å². The second kappa shape index (κ2) is 5.52. The normalized spacial score (nSPS) is 13.2. The van der Waals surface area contributed by atoms with E-state index in [1.807, 2.05) is 0 Å². The molecule has 0 saturated heterocycles. The molecule has 1 aromatic rings. The number of benzene rings is 1. The first kappa shape index (κ1) is 11.7. The molecule has 0 aliphatic rings. The Morgan fingerprint density at radius 3 is 2.57 bits per heavy atom. The molecule has 78 valence electrons. The summed E-state index contributed by atoms with van der Waals surface area (Å²) < 4.78 is 1.15. The molecule has 0 aliphatic carbocycles. The molecule has 1 aromatic carbocycles. The summed E-state index contributed by atoms with van der Waals surface area (Å²) in [6, 6.07) is 8.88. The molecule has 0 unspecified atom stereocenters. The van der Waals surface area contributed by atoms with Crippen molar-refractivity contribution in [3.63, 3.8) is 0 Å². The Labute approximate surface area is 95.0 Å². The molecule has 0 amide bonds. The minimum atomic E-state index is 0.426. The highest BCUT2D eigenvalue weighted by Crippen LogP contribution is 2.17. The summed E-state index contributed by atoms with van der Waals surface area (Å²) in [5.41, 5.74) is 1.33. The molecule has 0 heterocycles. The van der Waals surface area contributed by atoms with E-state index in [0.29, 0.717) is 12.0 Å². The third-order valence-electron chi connectivity index (χ3n) is 2.18. The molecule has 0 radical (unpaired) electrons. The summed E-state index contributed by atoms with van der Waals surface area (Å²) in [5, 5.41) is 3.50. The van der Waals surface area contributed by atoms with Gasteiger partial charge in [0, 0.05) is 10.5 Å². The highest BCUT2D eigenvalue weighted by molar-refractivity contribution is 9.10. The Balaban J connectivity index is 2.56. The quantitative estimate of drug-likeness (QED) is 0.864. The van der Waals surface area contributed by atoms with Gasteiger partial charge in [0.2, 0.25) is 0 Å². The van der Waals surface area contributed by atoms with Crippen LogP contribution < -0.4 is 5.32 Å². The van der Waals surface area contributed by atoms with Gasteiger partial charge in [-0.25, -0.2) is 0 Å². The van der Waals surface area contributed by atoms with Crippen molar-refractivity contribution in [1.29, 1.82) is 0 Å². The molecule has 0 aromatic heterocycles. The van der Waals surface area contributed by atoms with Crippen LogP contribution in [0.3, 0.4) is 0 Å². The van der Waals surface area contributed by atoms with Gasteiger partial charge in [-0.1, -0.05) is 41.9 Å². The molecule has 1 nitrogen and oxygen atoms in total. The number of hydrogen-bond donors (Lipinski definition) is 1. The summed E-state index contributed by atoms with van der Waals surface area (Å²) in [5.74, 6) is 0.699. The van der Waals surface area contributed by atoms with Gasteiger partial charge in [0.15, 0.2) is 0 Å². The summed E-state index contributed by atoms with van der Waals surface area (Å²) in [6.07, 6.45) is 0. The zero-order valence-corrected chi connectivity index (χ0v) is 10.6. The smallest absolute Gasteiger partial charge is 0.0292 e. The average Bonchev–Trinajstić information content (AvgIpc) is 2.14. The molecule has 0 bridgehead atoms. The predicted octanol–water partition coefficient (Wildman–Crippen LogP) is 3.76. The number of hydrogen-bond acceptors (Lipinski definition) is 1. The van der Waals surface area contributed by atoms with Gasteiger partial charge in [0.05, 0.1) is 0 Å². The van der Waals surface area contributed by atoms with E-state index in [4.69, 9.17) is 0 Å². The van der Waals surface area contributed by atoms with Crippen LogP contribution in [0.1, 0.15) is 32.4 Å². The van der Waals surface area contributed by atoms with E-state index >= 15 is 0 Å². The van der Waals surface area contributed by atoms with Crippen molar-refractivity contribution >= 4 is 15.9 Å². The summed E-state index contributed by atoms with van der Waals surface area (Å²) >= 11 is 3.48. The zero-order chi connectivity index (χ0) is 10.6. The molecule has 1 N–H and O–H groups in total. The highest BCUT2D eigenvalue weighted by atomic mass is 79.9. The average molecular weight is 256 g/mol. The summed E-state index contributed by atoms with van der Waals surface area (Å²) in [4.78, 5) is 0. The molecule has 2 heteroatoms. The van der Waals surface area contributed by atoms with E-state index in [9.17, 15) is 0 Å². The van der Waals surface area contributed by atoms with Gasteiger partial charge in [0.1, 0.15) is 0 Å². The van der Waals surface area contributed by atoms with E-state index in [1.54, 1.807) is 0 Å². The maximum absolute atomic E-state index is 3.50. The summed E-state index contributed by atoms with van der Waals surface area (Å²) in [7, 11) is 0. The Morgan fingerprint density at radius 1 is 1.29 bits per heavy atom. The van der Waals surface area contributed by atoms with Crippen LogP contribution in [0.5, 0.6) is 0 Å². The Morgan fingerprint density at radius 2 is 2.00 bits per heavy atom. The van der Waals surface area contributed by atoms with Crippen LogP contribution in [0.15, 0.2) is 28.7 Å². The molecule has 14 heavy (non-hydrogen) atoms. The van der Waals surface area contributed by atoms with Crippen molar-refractivity contribution in [2.24, 2.45) is 5.92 Å². The lowest BCUT2D eigenvalue weighted by molar-refractivity contribution is 0.496. The van der Waals surface area contributed by atoms with Crippen LogP contribution >= 0.6 is 15.9 Å². The Kier molecular flexibility index (Phi) is 4.63. The number of halogens is 1. The van der Waals surface area contributed by atoms with Gasteiger partial charge in [-0.3, -0.25) is 0 Å². The minimum Gasteiger partial charge on any atom is -0.310 e. The van der Waals surface area contributed by atoms with Crippen LogP contribution in [-0.4, -0.2) is 6.54 Å². The second-order valence-corrected chi connectivity index (χ2v) is 4.99. The van der Waals surface area contributed by atoms with Crippen molar-refractivity contribution in [3.8, 4) is 0 Å². The van der Waals surface area contributed by atoms with Crippen LogP contribution in [0.4, 0.5) is 0 Å². The van der Waals surface area contributed by atoms with Gasteiger partial charge in [-0.2, -0.15) is 0 Å². The number of nitrogens with one attached hydrogen (secondary N) is 1. The first-order chi connectivity index (χ1) is 6.59. The highest BCUT2D eigenvalue weighted by Gasteiger charge is 2.05. The second-order valence-electron chi connectivity index (χ2n) is 4.08. The van der Waals surface area contributed by atoms with Gasteiger partial charge in [-0.05, 0) is 37.1 Å². The zero-order valence-electron chi connectivity index (χ0n) is 9.05. The van der Waals surface area contributed by atoms with E-state index < -0.39 is 0 Å². The van der Waals surface area contributed by atoms with Crippen molar-refractivity contribution in [2.75, 3.05) is 6.54 Å². The number of rotatable bonds is 4. The largest absolute Gasteiger partial charge is 0.310 e. The van der Waals surface area contributed by atoms with Crippen molar-refractivity contribution in [2.45, 2.75) is 26.8 Å². The molecule has 0 saturated carbocycles. The fraction of sp³-hybridized carbons (Fsp3) is 0.500. The molecule has 1 rings (SSSR count). The lowest BCUT2D eigenvalue weighted by Gasteiger charge is -2.16. The minimum absolute atomic E-state index is 0.426. The molecule has 1 atom stereocenters. The van der Waals surface area contributed by atoms with Crippen LogP contribution in [0.2, 0.25) is 0 Å². The third kappa shape index (κ3) is 3.81.